The van der Waals surface area contributed by atoms with Gasteiger partial charge in [-0.25, -0.2) is 0 Å². The van der Waals surface area contributed by atoms with E-state index in [2.05, 4.69) is 10.4 Å². The van der Waals surface area contributed by atoms with Gasteiger partial charge in [0.15, 0.2) is 12.0 Å². The van der Waals surface area contributed by atoms with Crippen LogP contribution in [-0.4, -0.2) is 19.5 Å². The Balaban J connectivity index is 1.65. The largest absolute Gasteiger partial charge is 0.488 e. The predicted molar refractivity (Wildman–Crippen MR) is 116 cm³/mol. The van der Waals surface area contributed by atoms with Crippen LogP contribution in [0, 0.1) is 16.7 Å². The number of benzene rings is 3. The highest BCUT2D eigenvalue weighted by molar-refractivity contribution is 5.82. The summed E-state index contributed by atoms with van der Waals surface area (Å²) in [6.07, 6.45) is 0.618. The van der Waals surface area contributed by atoms with Crippen LogP contribution in [0.1, 0.15) is 21.5 Å². The van der Waals surface area contributed by atoms with Gasteiger partial charge in [-0.15, -0.1) is 9.81 Å². The summed E-state index contributed by atoms with van der Waals surface area (Å²) in [6, 6.07) is 17.2. The van der Waals surface area contributed by atoms with Gasteiger partial charge in [0.05, 0.1) is 5.56 Å². The SMILES string of the molecule is Cc1ccc(N=O)c(OCCOc2cc(C=O)c(OCc3ccccc3)cc2N=O)c1. The monoisotopic (exact) mass is 420 g/mol. The Hall–Kier alpha value is -4.07. The van der Waals surface area contributed by atoms with Gasteiger partial charge in [0.2, 0.25) is 0 Å². The van der Waals surface area contributed by atoms with Crippen molar-refractivity contribution >= 4 is 17.7 Å². The number of aldehydes is 1. The standard InChI is InChI=1S/C23H20N2O6/c1-16-7-8-19(24-27)22(11-16)29-9-10-30-23-12-18(14-26)21(13-20(23)25-28)31-15-17-5-3-2-4-6-17/h2-8,11-14H,9-10,15H2,1H3. The molecule has 3 aromatic carbocycles. The molecule has 0 radical (unpaired) electrons. The van der Waals surface area contributed by atoms with E-state index in [-0.39, 0.29) is 48.3 Å². The normalized spacial score (nSPS) is 10.2. The van der Waals surface area contributed by atoms with E-state index in [4.69, 9.17) is 14.2 Å². The van der Waals surface area contributed by atoms with E-state index >= 15 is 0 Å². The number of carbonyl (C=O) groups is 1. The molecule has 3 rings (SSSR count). The Morgan fingerprint density at radius 1 is 0.774 bits per heavy atom. The molecule has 0 aromatic heterocycles. The van der Waals surface area contributed by atoms with Crippen LogP contribution >= 0.6 is 0 Å². The molecule has 0 atom stereocenters. The third-order valence-corrected chi connectivity index (χ3v) is 4.37. The van der Waals surface area contributed by atoms with Gasteiger partial charge >= 0.3 is 0 Å². The highest BCUT2D eigenvalue weighted by Crippen LogP contribution is 2.35. The number of rotatable bonds is 11. The zero-order chi connectivity index (χ0) is 22.1. The van der Waals surface area contributed by atoms with Crippen molar-refractivity contribution in [2.45, 2.75) is 13.5 Å². The van der Waals surface area contributed by atoms with Crippen molar-refractivity contribution in [3.8, 4) is 17.2 Å². The van der Waals surface area contributed by atoms with Crippen molar-refractivity contribution in [1.29, 1.82) is 0 Å². The number of carbonyl (C=O) groups excluding carboxylic acids is 1. The van der Waals surface area contributed by atoms with Crippen LogP contribution in [0.3, 0.4) is 0 Å². The Bertz CT molecular complexity index is 1070. The average molecular weight is 420 g/mol. The number of nitroso groups, excluding NO2 is 2. The van der Waals surface area contributed by atoms with Crippen LogP contribution in [-0.2, 0) is 6.61 Å². The molecule has 0 N–H and O–H groups in total. The molecule has 0 aliphatic rings. The van der Waals surface area contributed by atoms with Crippen LogP contribution in [0.15, 0.2) is 71.0 Å². The molecule has 0 aliphatic heterocycles. The molecule has 0 saturated heterocycles. The van der Waals surface area contributed by atoms with Gasteiger partial charge in [-0.1, -0.05) is 36.4 Å². The minimum Gasteiger partial charge on any atom is -0.488 e. The number of aryl methyl sites for hydroxylation is 1. The Labute approximate surface area is 178 Å². The molecular weight excluding hydrogens is 400 g/mol. The fraction of sp³-hybridized carbons (Fsp3) is 0.174. The highest BCUT2D eigenvalue weighted by Gasteiger charge is 2.14. The molecule has 0 saturated carbocycles. The third-order valence-electron chi connectivity index (χ3n) is 4.37. The second-order valence-corrected chi connectivity index (χ2v) is 6.60. The first kappa shape index (κ1) is 21.6. The molecule has 8 heteroatoms. The van der Waals surface area contributed by atoms with Crippen molar-refractivity contribution in [3.05, 3.63) is 87.2 Å². The van der Waals surface area contributed by atoms with Crippen molar-refractivity contribution in [3.63, 3.8) is 0 Å². The fourth-order valence-electron chi connectivity index (χ4n) is 2.82. The molecule has 0 unspecified atom stereocenters. The lowest BCUT2D eigenvalue weighted by molar-refractivity contribution is 0.111. The van der Waals surface area contributed by atoms with Crippen molar-refractivity contribution in [2.75, 3.05) is 13.2 Å². The maximum absolute atomic E-state index is 11.5. The first-order valence-electron chi connectivity index (χ1n) is 9.47. The van der Waals surface area contributed by atoms with Gasteiger partial charge < -0.3 is 14.2 Å². The van der Waals surface area contributed by atoms with Gasteiger partial charge in [-0.3, -0.25) is 4.79 Å². The molecule has 0 spiro atoms. The Morgan fingerprint density at radius 2 is 1.45 bits per heavy atom. The molecule has 158 valence electrons. The van der Waals surface area contributed by atoms with E-state index in [0.29, 0.717) is 12.0 Å². The zero-order valence-corrected chi connectivity index (χ0v) is 16.8. The number of hydrogen-bond acceptors (Lipinski definition) is 8. The first-order chi connectivity index (χ1) is 15.1. The molecule has 0 aliphatic carbocycles. The van der Waals surface area contributed by atoms with E-state index in [1.165, 1.54) is 12.1 Å². The summed E-state index contributed by atoms with van der Waals surface area (Å²) in [4.78, 5) is 33.6. The van der Waals surface area contributed by atoms with Gasteiger partial charge in [0, 0.05) is 6.07 Å². The first-order valence-corrected chi connectivity index (χ1v) is 9.47. The lowest BCUT2D eigenvalue weighted by Crippen LogP contribution is -2.09. The summed E-state index contributed by atoms with van der Waals surface area (Å²) in [7, 11) is 0. The Kier molecular flexibility index (Phi) is 7.42. The highest BCUT2D eigenvalue weighted by atomic mass is 16.5. The van der Waals surface area contributed by atoms with E-state index < -0.39 is 0 Å². The second kappa shape index (κ2) is 10.6. The van der Waals surface area contributed by atoms with Gasteiger partial charge in [0.25, 0.3) is 0 Å². The fourth-order valence-corrected chi connectivity index (χ4v) is 2.82. The molecule has 3 aromatic rings. The predicted octanol–water partition coefficient (Wildman–Crippen LogP) is 5.64. The minimum absolute atomic E-state index is 0.000496. The summed E-state index contributed by atoms with van der Waals surface area (Å²) in [5.74, 6) is 0.704. The summed E-state index contributed by atoms with van der Waals surface area (Å²) in [5.41, 5.74) is 2.24. The summed E-state index contributed by atoms with van der Waals surface area (Å²) in [6.45, 7) is 2.24. The van der Waals surface area contributed by atoms with E-state index in [0.717, 1.165) is 11.1 Å². The van der Waals surface area contributed by atoms with E-state index in [1.807, 2.05) is 37.3 Å². The van der Waals surface area contributed by atoms with Crippen LogP contribution in [0.4, 0.5) is 11.4 Å². The van der Waals surface area contributed by atoms with E-state index in [9.17, 15) is 14.6 Å². The number of ether oxygens (including phenoxy) is 3. The van der Waals surface area contributed by atoms with Gasteiger partial charge in [-0.2, -0.15) is 0 Å². The van der Waals surface area contributed by atoms with Crippen LogP contribution in [0.5, 0.6) is 17.2 Å². The molecule has 0 bridgehead atoms. The Morgan fingerprint density at radius 3 is 2.10 bits per heavy atom. The zero-order valence-electron chi connectivity index (χ0n) is 16.8. The maximum Gasteiger partial charge on any atom is 0.153 e. The second-order valence-electron chi connectivity index (χ2n) is 6.60. The lowest BCUT2D eigenvalue weighted by Gasteiger charge is -2.13. The molecule has 0 fully saturated rings. The van der Waals surface area contributed by atoms with E-state index in [1.54, 1.807) is 18.2 Å². The quantitative estimate of drug-likeness (QED) is 0.226. The summed E-state index contributed by atoms with van der Waals surface area (Å²) < 4.78 is 16.8. The topological polar surface area (TPSA) is 104 Å². The maximum atomic E-state index is 11.5. The smallest absolute Gasteiger partial charge is 0.153 e. The van der Waals surface area contributed by atoms with Gasteiger partial charge in [0.1, 0.15) is 42.8 Å². The minimum atomic E-state index is -0.000496. The summed E-state index contributed by atoms with van der Waals surface area (Å²) in [5, 5.41) is 5.89. The molecule has 0 amide bonds. The van der Waals surface area contributed by atoms with Crippen LogP contribution in [0.25, 0.3) is 0 Å². The molecular formula is C23H20N2O6. The summed E-state index contributed by atoms with van der Waals surface area (Å²) >= 11 is 0. The molecule has 8 nitrogen and oxygen atoms in total. The van der Waals surface area contributed by atoms with Crippen molar-refractivity contribution in [1.82, 2.24) is 0 Å². The number of nitrogens with zero attached hydrogens (tertiary/aromatic N) is 2. The molecule has 0 heterocycles. The van der Waals surface area contributed by atoms with Crippen LogP contribution in [0.2, 0.25) is 0 Å². The average Bonchev–Trinajstić information content (AvgIpc) is 2.81. The third kappa shape index (κ3) is 5.72. The van der Waals surface area contributed by atoms with Crippen molar-refractivity contribution in [2.24, 2.45) is 10.4 Å². The van der Waals surface area contributed by atoms with Crippen molar-refractivity contribution < 1.29 is 19.0 Å². The molecule has 31 heavy (non-hydrogen) atoms. The number of hydrogen-bond donors (Lipinski definition) is 0. The van der Waals surface area contributed by atoms with Gasteiger partial charge in [-0.05, 0) is 46.6 Å². The van der Waals surface area contributed by atoms with Crippen LogP contribution < -0.4 is 14.2 Å². The lowest BCUT2D eigenvalue weighted by atomic mass is 10.1.